The predicted molar refractivity (Wildman–Crippen MR) is 76.0 cm³/mol. The smallest absolute Gasteiger partial charge is 0.255 e. The van der Waals surface area contributed by atoms with E-state index in [1.54, 1.807) is 12.1 Å². The molecule has 1 aliphatic rings. The third-order valence-electron chi connectivity index (χ3n) is 3.60. The van der Waals surface area contributed by atoms with Gasteiger partial charge in [0.15, 0.2) is 0 Å². The Kier molecular flexibility index (Phi) is 3.43. The molecule has 0 radical (unpaired) electrons. The van der Waals surface area contributed by atoms with Crippen LogP contribution in [0.15, 0.2) is 30.3 Å². The number of benzene rings is 2. The van der Waals surface area contributed by atoms with Crippen LogP contribution in [0.25, 0.3) is 0 Å². The number of halogens is 2. The first kappa shape index (κ1) is 13.7. The van der Waals surface area contributed by atoms with Crippen molar-refractivity contribution in [2.24, 2.45) is 0 Å². The lowest BCUT2D eigenvalue weighted by Gasteiger charge is -2.09. The first-order valence-corrected chi connectivity index (χ1v) is 6.64. The van der Waals surface area contributed by atoms with Gasteiger partial charge in [-0.2, -0.15) is 0 Å². The van der Waals surface area contributed by atoms with Crippen LogP contribution in [0.1, 0.15) is 27.0 Å². The first-order chi connectivity index (χ1) is 10.0. The molecule has 1 amide bonds. The molecule has 5 heteroatoms. The van der Waals surface area contributed by atoms with Crippen molar-refractivity contribution in [1.29, 1.82) is 0 Å². The minimum Gasteiger partial charge on any atom is -0.319 e. The number of carbonyl (C=O) groups is 1. The van der Waals surface area contributed by atoms with Crippen molar-refractivity contribution in [2.75, 3.05) is 5.32 Å². The van der Waals surface area contributed by atoms with E-state index >= 15 is 0 Å². The molecule has 0 unspecified atom stereocenters. The quantitative estimate of drug-likeness (QED) is 0.891. The third kappa shape index (κ3) is 2.64. The van der Waals surface area contributed by atoms with E-state index in [-0.39, 0.29) is 11.3 Å². The lowest BCUT2D eigenvalue weighted by Crippen LogP contribution is -2.14. The summed E-state index contributed by atoms with van der Waals surface area (Å²) in [6.07, 6.45) is 0. The summed E-state index contributed by atoms with van der Waals surface area (Å²) in [5.41, 5.74) is 2.69. The van der Waals surface area contributed by atoms with Gasteiger partial charge in [0.1, 0.15) is 11.6 Å². The Morgan fingerprint density at radius 2 is 1.86 bits per heavy atom. The molecule has 0 bridgehead atoms. The minimum atomic E-state index is -0.648. The van der Waals surface area contributed by atoms with Gasteiger partial charge in [0, 0.05) is 24.7 Å². The molecule has 21 heavy (non-hydrogen) atoms. The van der Waals surface area contributed by atoms with Crippen LogP contribution in [-0.4, -0.2) is 5.91 Å². The summed E-state index contributed by atoms with van der Waals surface area (Å²) in [6.45, 7) is 2.97. The van der Waals surface area contributed by atoms with Crippen LogP contribution in [0.3, 0.4) is 0 Å². The van der Waals surface area contributed by atoms with Crippen LogP contribution in [-0.2, 0) is 13.1 Å². The maximum atomic E-state index is 13.7. The molecule has 0 saturated heterocycles. The molecule has 0 saturated carbocycles. The SMILES string of the molecule is Cc1cc(F)c(NC(=O)c2ccc3c(c2)CNC3)cc1F. The molecule has 108 valence electrons. The van der Waals surface area contributed by atoms with E-state index in [0.29, 0.717) is 12.1 Å². The lowest BCUT2D eigenvalue weighted by molar-refractivity contribution is 0.102. The number of hydrogen-bond acceptors (Lipinski definition) is 2. The maximum Gasteiger partial charge on any atom is 0.255 e. The van der Waals surface area contributed by atoms with Gasteiger partial charge in [-0.25, -0.2) is 8.78 Å². The average molecular weight is 288 g/mol. The monoisotopic (exact) mass is 288 g/mol. The Hall–Kier alpha value is -2.27. The van der Waals surface area contributed by atoms with Gasteiger partial charge in [0.25, 0.3) is 5.91 Å². The maximum absolute atomic E-state index is 13.7. The molecule has 0 aromatic heterocycles. The second-order valence-electron chi connectivity index (χ2n) is 5.12. The van der Waals surface area contributed by atoms with E-state index < -0.39 is 17.5 Å². The fourth-order valence-corrected chi connectivity index (χ4v) is 2.37. The minimum absolute atomic E-state index is 0.151. The Morgan fingerprint density at radius 3 is 2.67 bits per heavy atom. The van der Waals surface area contributed by atoms with Crippen LogP contribution >= 0.6 is 0 Å². The van der Waals surface area contributed by atoms with E-state index in [1.807, 2.05) is 6.07 Å². The second kappa shape index (κ2) is 5.26. The molecule has 0 atom stereocenters. The molecule has 1 heterocycles. The van der Waals surface area contributed by atoms with Crippen LogP contribution in [0.4, 0.5) is 14.5 Å². The summed E-state index contributed by atoms with van der Waals surface area (Å²) < 4.78 is 27.2. The van der Waals surface area contributed by atoms with Crippen molar-refractivity contribution in [3.05, 3.63) is 64.2 Å². The molecule has 2 aromatic carbocycles. The summed E-state index contributed by atoms with van der Waals surface area (Å²) in [6, 6.07) is 7.39. The Balaban J connectivity index is 1.85. The lowest BCUT2D eigenvalue weighted by atomic mass is 10.1. The van der Waals surface area contributed by atoms with E-state index in [4.69, 9.17) is 0 Å². The predicted octanol–water partition coefficient (Wildman–Crippen LogP) is 3.13. The number of rotatable bonds is 2. The number of amides is 1. The Labute approximate surface area is 121 Å². The average Bonchev–Trinajstić information content (AvgIpc) is 2.92. The molecular formula is C16H14F2N2O. The Morgan fingerprint density at radius 1 is 1.10 bits per heavy atom. The van der Waals surface area contributed by atoms with E-state index in [1.165, 1.54) is 6.92 Å². The highest BCUT2D eigenvalue weighted by atomic mass is 19.1. The zero-order valence-electron chi connectivity index (χ0n) is 11.5. The fraction of sp³-hybridized carbons (Fsp3) is 0.188. The highest BCUT2D eigenvalue weighted by molar-refractivity contribution is 6.04. The number of nitrogens with one attached hydrogen (secondary N) is 2. The summed E-state index contributed by atoms with van der Waals surface area (Å²) >= 11 is 0. The van der Waals surface area contributed by atoms with Gasteiger partial charge < -0.3 is 10.6 Å². The van der Waals surface area contributed by atoms with Crippen LogP contribution in [0, 0.1) is 18.6 Å². The zero-order chi connectivity index (χ0) is 15.0. The highest BCUT2D eigenvalue weighted by Gasteiger charge is 2.15. The van der Waals surface area contributed by atoms with Gasteiger partial charge in [-0.1, -0.05) is 6.07 Å². The number of anilines is 1. The van der Waals surface area contributed by atoms with Crippen molar-refractivity contribution in [2.45, 2.75) is 20.0 Å². The summed E-state index contributed by atoms with van der Waals surface area (Å²) in [4.78, 5) is 12.1. The van der Waals surface area contributed by atoms with Gasteiger partial charge in [-0.05, 0) is 41.8 Å². The summed E-state index contributed by atoms with van der Waals surface area (Å²) in [5.74, 6) is -1.65. The van der Waals surface area contributed by atoms with E-state index in [0.717, 1.165) is 29.8 Å². The topological polar surface area (TPSA) is 41.1 Å². The molecule has 1 aliphatic heterocycles. The molecule has 0 spiro atoms. The molecule has 2 aromatic rings. The fourth-order valence-electron chi connectivity index (χ4n) is 2.37. The number of hydrogen-bond donors (Lipinski definition) is 2. The van der Waals surface area contributed by atoms with Gasteiger partial charge in [0.05, 0.1) is 5.69 Å². The Bertz CT molecular complexity index is 728. The van der Waals surface area contributed by atoms with Crippen LogP contribution in [0.5, 0.6) is 0 Å². The van der Waals surface area contributed by atoms with Gasteiger partial charge in [0.2, 0.25) is 0 Å². The molecule has 0 aliphatic carbocycles. The van der Waals surface area contributed by atoms with Crippen LogP contribution < -0.4 is 10.6 Å². The van der Waals surface area contributed by atoms with Crippen molar-refractivity contribution >= 4 is 11.6 Å². The largest absolute Gasteiger partial charge is 0.319 e. The van der Waals surface area contributed by atoms with E-state index in [2.05, 4.69) is 10.6 Å². The molecule has 3 nitrogen and oxygen atoms in total. The molecular weight excluding hydrogens is 274 g/mol. The van der Waals surface area contributed by atoms with Crippen molar-refractivity contribution in [1.82, 2.24) is 5.32 Å². The van der Waals surface area contributed by atoms with Gasteiger partial charge in [-0.15, -0.1) is 0 Å². The van der Waals surface area contributed by atoms with Gasteiger partial charge in [-0.3, -0.25) is 4.79 Å². The van der Waals surface area contributed by atoms with Crippen molar-refractivity contribution in [3.8, 4) is 0 Å². The van der Waals surface area contributed by atoms with Crippen molar-refractivity contribution in [3.63, 3.8) is 0 Å². The number of carbonyl (C=O) groups excluding carboxylic acids is 1. The highest BCUT2D eigenvalue weighted by Crippen LogP contribution is 2.21. The second-order valence-corrected chi connectivity index (χ2v) is 5.12. The van der Waals surface area contributed by atoms with Gasteiger partial charge >= 0.3 is 0 Å². The standard InChI is InChI=1S/C16H14F2N2O/c1-9-4-14(18)15(6-13(9)17)20-16(21)10-2-3-11-7-19-8-12(11)5-10/h2-6,19H,7-8H2,1H3,(H,20,21). The summed E-state index contributed by atoms with van der Waals surface area (Å²) in [5, 5.41) is 5.60. The summed E-state index contributed by atoms with van der Waals surface area (Å²) in [7, 11) is 0. The third-order valence-corrected chi connectivity index (χ3v) is 3.60. The normalized spacial score (nSPS) is 13.1. The number of fused-ring (bicyclic) bond motifs is 1. The zero-order valence-corrected chi connectivity index (χ0v) is 11.5. The molecule has 2 N–H and O–H groups in total. The molecule has 3 rings (SSSR count). The van der Waals surface area contributed by atoms with E-state index in [9.17, 15) is 13.6 Å². The first-order valence-electron chi connectivity index (χ1n) is 6.64. The van der Waals surface area contributed by atoms with Crippen LogP contribution in [0.2, 0.25) is 0 Å². The molecule has 0 fully saturated rings. The number of aryl methyl sites for hydroxylation is 1. The van der Waals surface area contributed by atoms with Crippen molar-refractivity contribution < 1.29 is 13.6 Å².